The molecule has 0 unspecified atom stereocenters. The number of para-hydroxylation sites is 2. The topological polar surface area (TPSA) is 66.5 Å². The van der Waals surface area contributed by atoms with E-state index in [4.69, 9.17) is 4.74 Å². The van der Waals surface area contributed by atoms with Crippen molar-refractivity contribution in [1.82, 2.24) is 10.3 Å². The largest absolute Gasteiger partial charge is 0.485 e. The van der Waals surface area contributed by atoms with Crippen LogP contribution in [0.15, 0.2) is 42.6 Å². The Kier molecular flexibility index (Phi) is 7.00. The Labute approximate surface area is 162 Å². The lowest BCUT2D eigenvalue weighted by Gasteiger charge is -2.27. The summed E-state index contributed by atoms with van der Waals surface area (Å²) in [7, 11) is 0. The van der Waals surface area contributed by atoms with Gasteiger partial charge in [-0.05, 0) is 49.1 Å². The number of halogens is 2. The van der Waals surface area contributed by atoms with Crippen LogP contribution in [0.2, 0.25) is 0 Å². The van der Waals surface area contributed by atoms with Gasteiger partial charge in [-0.1, -0.05) is 12.1 Å². The first-order valence-corrected chi connectivity index (χ1v) is 9.36. The van der Waals surface area contributed by atoms with E-state index in [2.05, 4.69) is 20.5 Å². The number of pyridine rings is 1. The summed E-state index contributed by atoms with van der Waals surface area (Å²) in [5.74, 6) is 1.12. The number of alkyl halides is 2. The summed E-state index contributed by atoms with van der Waals surface area (Å²) >= 11 is 0. The number of amides is 2. The molecule has 3 rings (SSSR count). The number of aromatic nitrogens is 1. The summed E-state index contributed by atoms with van der Waals surface area (Å²) in [5.41, 5.74) is 1.28. The molecule has 2 N–H and O–H groups in total. The molecule has 2 heterocycles. The molecule has 0 saturated carbocycles. The molecule has 0 spiro atoms. The first-order valence-electron chi connectivity index (χ1n) is 9.36. The number of nitrogens with zero attached hydrogens (tertiary/aromatic N) is 2. The molecule has 0 radical (unpaired) electrons. The number of rotatable bonds is 7. The summed E-state index contributed by atoms with van der Waals surface area (Å²) < 4.78 is 29.8. The fraction of sp³-hybridized carbons (Fsp3) is 0.400. The van der Waals surface area contributed by atoms with Gasteiger partial charge in [0, 0.05) is 25.8 Å². The van der Waals surface area contributed by atoms with E-state index in [1.54, 1.807) is 24.4 Å². The molecule has 1 fully saturated rings. The molecule has 0 aliphatic carbocycles. The van der Waals surface area contributed by atoms with Crippen molar-refractivity contribution in [1.29, 1.82) is 0 Å². The van der Waals surface area contributed by atoms with E-state index in [1.807, 2.05) is 12.1 Å². The van der Waals surface area contributed by atoms with Crippen molar-refractivity contribution in [2.45, 2.75) is 32.2 Å². The van der Waals surface area contributed by atoms with Crippen LogP contribution in [0, 0.1) is 0 Å². The quantitative estimate of drug-likeness (QED) is 0.749. The van der Waals surface area contributed by atoms with Crippen LogP contribution in [0.3, 0.4) is 0 Å². The van der Waals surface area contributed by atoms with Gasteiger partial charge >= 0.3 is 6.03 Å². The van der Waals surface area contributed by atoms with Crippen molar-refractivity contribution >= 4 is 17.5 Å². The van der Waals surface area contributed by atoms with Crippen molar-refractivity contribution in [3.63, 3.8) is 0 Å². The molecule has 1 aromatic heterocycles. The zero-order valence-corrected chi connectivity index (χ0v) is 15.5. The summed E-state index contributed by atoms with van der Waals surface area (Å²) in [5, 5.41) is 5.41. The lowest BCUT2D eigenvalue weighted by molar-refractivity contribution is 0.0823. The monoisotopic (exact) mass is 390 g/mol. The Morgan fingerprint density at radius 1 is 1.18 bits per heavy atom. The maximum absolute atomic E-state index is 12.4. The molecule has 28 heavy (non-hydrogen) atoms. The highest BCUT2D eigenvalue weighted by atomic mass is 19.3. The predicted octanol–water partition coefficient (Wildman–Crippen LogP) is 4.04. The molecule has 6 nitrogen and oxygen atoms in total. The second-order valence-corrected chi connectivity index (χ2v) is 6.58. The number of hydrogen-bond donors (Lipinski definition) is 2. The lowest BCUT2D eigenvalue weighted by atomic mass is 10.1. The maximum Gasteiger partial charge on any atom is 0.319 e. The van der Waals surface area contributed by atoms with Gasteiger partial charge in [0.2, 0.25) is 0 Å². The Morgan fingerprint density at radius 2 is 1.96 bits per heavy atom. The minimum Gasteiger partial charge on any atom is -0.485 e. The van der Waals surface area contributed by atoms with Gasteiger partial charge in [0.25, 0.3) is 6.43 Å². The van der Waals surface area contributed by atoms with E-state index in [-0.39, 0.29) is 5.75 Å². The van der Waals surface area contributed by atoms with Crippen LogP contribution >= 0.6 is 0 Å². The number of carbonyl (C=O) groups excluding carboxylic acids is 1. The summed E-state index contributed by atoms with van der Waals surface area (Å²) in [6.45, 7) is 1.60. The van der Waals surface area contributed by atoms with Crippen molar-refractivity contribution in [2.75, 3.05) is 29.9 Å². The highest BCUT2D eigenvalue weighted by Crippen LogP contribution is 2.24. The van der Waals surface area contributed by atoms with E-state index in [9.17, 15) is 13.6 Å². The van der Waals surface area contributed by atoms with Gasteiger partial charge in [-0.25, -0.2) is 18.6 Å². The van der Waals surface area contributed by atoms with Crippen molar-refractivity contribution in [2.24, 2.45) is 0 Å². The smallest absolute Gasteiger partial charge is 0.319 e. The average Bonchev–Trinajstić information content (AvgIpc) is 2.72. The molecule has 0 atom stereocenters. The number of nitrogens with one attached hydrogen (secondary N) is 2. The fourth-order valence-electron chi connectivity index (χ4n) is 3.06. The van der Waals surface area contributed by atoms with Crippen LogP contribution in [0.25, 0.3) is 0 Å². The van der Waals surface area contributed by atoms with Gasteiger partial charge in [-0.3, -0.25) is 0 Å². The van der Waals surface area contributed by atoms with E-state index < -0.39 is 19.1 Å². The van der Waals surface area contributed by atoms with E-state index in [0.717, 1.165) is 24.5 Å². The molecular formula is C20H24F2N4O2. The number of ether oxygens (including phenoxy) is 1. The van der Waals surface area contributed by atoms with Crippen molar-refractivity contribution in [3.8, 4) is 5.75 Å². The summed E-state index contributed by atoms with van der Waals surface area (Å²) in [6, 6.07) is 9.87. The maximum atomic E-state index is 12.4. The molecule has 2 aromatic rings. The standard InChI is InChI=1S/C20H24F2N4O2/c21-18(22)14-28-17-7-3-2-6-16(17)25-20(27)24-13-15-8-9-23-19(12-15)26-10-4-1-5-11-26/h2-3,6-9,12,18H,1,4-5,10-11,13-14H2,(H2,24,25,27). The van der Waals surface area contributed by atoms with Crippen LogP contribution in [-0.2, 0) is 6.54 Å². The third-order valence-corrected chi connectivity index (χ3v) is 4.44. The Balaban J connectivity index is 1.55. The zero-order chi connectivity index (χ0) is 19.8. The number of piperidine rings is 1. The van der Waals surface area contributed by atoms with Gasteiger partial charge in [-0.15, -0.1) is 0 Å². The van der Waals surface area contributed by atoms with Crippen LogP contribution in [0.1, 0.15) is 24.8 Å². The number of hydrogen-bond acceptors (Lipinski definition) is 4. The number of anilines is 2. The fourth-order valence-corrected chi connectivity index (χ4v) is 3.06. The predicted molar refractivity (Wildman–Crippen MR) is 104 cm³/mol. The average molecular weight is 390 g/mol. The normalized spacial score (nSPS) is 14.0. The van der Waals surface area contributed by atoms with Gasteiger partial charge in [0.15, 0.2) is 0 Å². The molecule has 0 bridgehead atoms. The third-order valence-electron chi connectivity index (χ3n) is 4.44. The second kappa shape index (κ2) is 9.87. The first kappa shape index (κ1) is 19.9. The van der Waals surface area contributed by atoms with Crippen LogP contribution < -0.4 is 20.3 Å². The van der Waals surface area contributed by atoms with Gasteiger partial charge in [0.05, 0.1) is 5.69 Å². The summed E-state index contributed by atoms with van der Waals surface area (Å²) in [6.07, 6.45) is 2.74. The lowest BCUT2D eigenvalue weighted by Crippen LogP contribution is -2.31. The Morgan fingerprint density at radius 3 is 2.75 bits per heavy atom. The Hall–Kier alpha value is -2.90. The molecule has 1 aliphatic heterocycles. The van der Waals surface area contributed by atoms with Crippen molar-refractivity contribution < 1.29 is 18.3 Å². The first-order chi connectivity index (χ1) is 13.6. The van der Waals surface area contributed by atoms with Crippen LogP contribution in [-0.4, -0.2) is 37.1 Å². The van der Waals surface area contributed by atoms with E-state index in [0.29, 0.717) is 12.2 Å². The number of carbonyl (C=O) groups is 1. The molecular weight excluding hydrogens is 366 g/mol. The Bertz CT molecular complexity index is 782. The highest BCUT2D eigenvalue weighted by molar-refractivity contribution is 5.90. The molecule has 1 saturated heterocycles. The molecule has 1 aromatic carbocycles. The summed E-state index contributed by atoms with van der Waals surface area (Å²) in [4.78, 5) is 18.9. The van der Waals surface area contributed by atoms with E-state index in [1.165, 1.54) is 25.3 Å². The minimum absolute atomic E-state index is 0.203. The second-order valence-electron chi connectivity index (χ2n) is 6.58. The van der Waals surface area contributed by atoms with Gasteiger partial charge < -0.3 is 20.3 Å². The molecule has 8 heteroatoms. The number of urea groups is 1. The SMILES string of the molecule is O=C(NCc1ccnc(N2CCCCC2)c1)Nc1ccccc1OCC(F)F. The molecule has 2 amide bonds. The van der Waals surface area contributed by atoms with Gasteiger partial charge in [-0.2, -0.15) is 0 Å². The van der Waals surface area contributed by atoms with Gasteiger partial charge in [0.1, 0.15) is 18.2 Å². The third kappa shape index (κ3) is 5.80. The zero-order valence-electron chi connectivity index (χ0n) is 15.5. The van der Waals surface area contributed by atoms with Crippen LogP contribution in [0.4, 0.5) is 25.1 Å². The molecule has 150 valence electrons. The number of benzene rings is 1. The highest BCUT2D eigenvalue weighted by Gasteiger charge is 2.13. The van der Waals surface area contributed by atoms with Crippen molar-refractivity contribution in [3.05, 3.63) is 48.2 Å². The van der Waals surface area contributed by atoms with E-state index >= 15 is 0 Å². The minimum atomic E-state index is -2.58. The van der Waals surface area contributed by atoms with Crippen LogP contribution in [0.5, 0.6) is 5.75 Å². The molecule has 1 aliphatic rings.